The molecule has 7 nitrogen and oxygen atoms in total. The molecular weight excluding hydrogens is 260 g/mol. The molecule has 1 atom stereocenters. The number of H-pyrrole nitrogens is 1. The zero-order chi connectivity index (χ0) is 13.9. The molecule has 0 spiro atoms. The van der Waals surface area contributed by atoms with Gasteiger partial charge in [0.25, 0.3) is 5.91 Å². The number of carbonyl (C=O) groups is 1. The second kappa shape index (κ2) is 5.56. The lowest BCUT2D eigenvalue weighted by molar-refractivity contribution is -0.0933. The van der Waals surface area contributed by atoms with Gasteiger partial charge >= 0.3 is 0 Å². The van der Waals surface area contributed by atoms with Gasteiger partial charge in [0.2, 0.25) is 0 Å². The number of nitrogens with zero attached hydrogens (tertiary/aromatic N) is 3. The van der Waals surface area contributed by atoms with E-state index in [-0.39, 0.29) is 12.0 Å². The van der Waals surface area contributed by atoms with Crippen molar-refractivity contribution in [2.45, 2.75) is 6.10 Å². The van der Waals surface area contributed by atoms with Gasteiger partial charge in [0.1, 0.15) is 11.0 Å². The van der Waals surface area contributed by atoms with Crippen LogP contribution in [0.3, 0.4) is 0 Å². The van der Waals surface area contributed by atoms with Gasteiger partial charge < -0.3 is 14.4 Å². The van der Waals surface area contributed by atoms with Gasteiger partial charge in [-0.1, -0.05) is 0 Å². The molecule has 7 heteroatoms. The van der Waals surface area contributed by atoms with E-state index in [0.29, 0.717) is 37.4 Å². The Morgan fingerprint density at radius 2 is 2.25 bits per heavy atom. The first-order valence-electron chi connectivity index (χ1n) is 6.49. The molecule has 1 N–H and O–H groups in total. The van der Waals surface area contributed by atoms with Crippen molar-refractivity contribution >= 4 is 16.9 Å². The van der Waals surface area contributed by atoms with Crippen LogP contribution in [0, 0.1) is 0 Å². The number of aromatic nitrogens is 3. The number of carbonyl (C=O) groups excluding carboxylic acids is 1. The van der Waals surface area contributed by atoms with Gasteiger partial charge in [0.05, 0.1) is 25.9 Å². The van der Waals surface area contributed by atoms with Crippen molar-refractivity contribution in [3.05, 3.63) is 23.8 Å². The molecule has 0 bridgehead atoms. The summed E-state index contributed by atoms with van der Waals surface area (Å²) in [5, 5.41) is 10.5. The fourth-order valence-electron chi connectivity index (χ4n) is 2.22. The number of rotatable bonds is 3. The third-order valence-corrected chi connectivity index (χ3v) is 3.27. The van der Waals surface area contributed by atoms with Gasteiger partial charge in [-0.3, -0.25) is 4.79 Å². The zero-order valence-corrected chi connectivity index (χ0v) is 11.2. The third-order valence-electron chi connectivity index (χ3n) is 3.27. The Morgan fingerprint density at radius 1 is 1.40 bits per heavy atom. The predicted octanol–water partition coefficient (Wildman–Crippen LogP) is 0.445. The molecule has 1 aromatic carbocycles. The molecule has 1 saturated heterocycles. The van der Waals surface area contributed by atoms with Crippen LogP contribution >= 0.6 is 0 Å². The van der Waals surface area contributed by atoms with Crippen molar-refractivity contribution in [2.75, 3.05) is 33.4 Å². The van der Waals surface area contributed by atoms with E-state index in [4.69, 9.17) is 9.47 Å². The number of likely N-dealkylation sites (N-methyl/N-ethyl adjacent to an activating group) is 1. The maximum absolute atomic E-state index is 12.4. The van der Waals surface area contributed by atoms with Gasteiger partial charge in [-0.2, -0.15) is 15.4 Å². The largest absolute Gasteiger partial charge is 0.376 e. The molecule has 2 aromatic rings. The molecule has 0 unspecified atom stereocenters. The Kier molecular flexibility index (Phi) is 3.62. The van der Waals surface area contributed by atoms with E-state index in [1.807, 2.05) is 0 Å². The minimum Gasteiger partial charge on any atom is -0.376 e. The maximum Gasteiger partial charge on any atom is 0.253 e. The van der Waals surface area contributed by atoms with E-state index < -0.39 is 0 Å². The molecule has 2 heterocycles. The van der Waals surface area contributed by atoms with Crippen molar-refractivity contribution in [1.82, 2.24) is 20.3 Å². The van der Waals surface area contributed by atoms with Gasteiger partial charge in [0.15, 0.2) is 0 Å². The summed E-state index contributed by atoms with van der Waals surface area (Å²) in [6.45, 7) is 2.24. The topological polar surface area (TPSA) is 80.3 Å². The van der Waals surface area contributed by atoms with Crippen LogP contribution in [-0.4, -0.2) is 65.7 Å². The van der Waals surface area contributed by atoms with Crippen molar-refractivity contribution in [3.63, 3.8) is 0 Å². The zero-order valence-electron chi connectivity index (χ0n) is 11.2. The minimum absolute atomic E-state index is 0.0616. The first kappa shape index (κ1) is 13.0. The first-order valence-corrected chi connectivity index (χ1v) is 6.49. The molecule has 1 fully saturated rings. The lowest BCUT2D eigenvalue weighted by Gasteiger charge is -2.27. The number of hydrogen-bond donors (Lipinski definition) is 1. The van der Waals surface area contributed by atoms with E-state index in [1.54, 1.807) is 30.1 Å². The van der Waals surface area contributed by atoms with E-state index in [2.05, 4.69) is 15.4 Å². The summed E-state index contributed by atoms with van der Waals surface area (Å²) in [5.41, 5.74) is 2.01. The highest BCUT2D eigenvalue weighted by atomic mass is 16.6. The van der Waals surface area contributed by atoms with Gasteiger partial charge in [-0.15, -0.1) is 0 Å². The summed E-state index contributed by atoms with van der Waals surface area (Å²) in [4.78, 5) is 14.0. The fourth-order valence-corrected chi connectivity index (χ4v) is 2.22. The van der Waals surface area contributed by atoms with E-state index in [9.17, 15) is 4.79 Å². The van der Waals surface area contributed by atoms with Crippen LogP contribution in [0.2, 0.25) is 0 Å². The summed E-state index contributed by atoms with van der Waals surface area (Å²) >= 11 is 0. The molecule has 1 aromatic heterocycles. The number of fused-ring (bicyclic) bond motifs is 1. The molecule has 0 saturated carbocycles. The van der Waals surface area contributed by atoms with E-state index in [0.717, 1.165) is 5.52 Å². The van der Waals surface area contributed by atoms with Crippen LogP contribution < -0.4 is 0 Å². The van der Waals surface area contributed by atoms with Crippen LogP contribution in [0.5, 0.6) is 0 Å². The van der Waals surface area contributed by atoms with Crippen LogP contribution in [0.1, 0.15) is 10.4 Å². The molecule has 1 aliphatic heterocycles. The molecular formula is C13H16N4O3. The number of hydrogen-bond acceptors (Lipinski definition) is 5. The summed E-state index contributed by atoms with van der Waals surface area (Å²) < 4.78 is 10.9. The van der Waals surface area contributed by atoms with Crippen molar-refractivity contribution in [1.29, 1.82) is 0 Å². The number of nitrogens with one attached hydrogen (secondary N) is 1. The number of aromatic amines is 1. The van der Waals surface area contributed by atoms with Gasteiger partial charge in [-0.05, 0) is 18.2 Å². The van der Waals surface area contributed by atoms with Gasteiger partial charge in [0, 0.05) is 19.2 Å². The third kappa shape index (κ3) is 2.63. The van der Waals surface area contributed by atoms with Crippen molar-refractivity contribution in [2.24, 2.45) is 0 Å². The summed E-state index contributed by atoms with van der Waals surface area (Å²) in [6, 6.07) is 5.26. The van der Waals surface area contributed by atoms with Crippen LogP contribution in [-0.2, 0) is 9.47 Å². The van der Waals surface area contributed by atoms with Crippen molar-refractivity contribution < 1.29 is 14.3 Å². The van der Waals surface area contributed by atoms with Crippen LogP contribution in [0.4, 0.5) is 0 Å². The maximum atomic E-state index is 12.4. The molecule has 3 rings (SSSR count). The van der Waals surface area contributed by atoms with E-state index >= 15 is 0 Å². The summed E-state index contributed by atoms with van der Waals surface area (Å²) in [5.74, 6) is -0.0657. The highest BCUT2D eigenvalue weighted by Crippen LogP contribution is 2.13. The first-order chi connectivity index (χ1) is 9.74. The van der Waals surface area contributed by atoms with Crippen LogP contribution in [0.25, 0.3) is 11.0 Å². The second-order valence-electron chi connectivity index (χ2n) is 4.78. The minimum atomic E-state index is -0.0657. The summed E-state index contributed by atoms with van der Waals surface area (Å²) in [7, 11) is 1.76. The Labute approximate surface area is 115 Å². The fraction of sp³-hybridized carbons (Fsp3) is 0.462. The quantitative estimate of drug-likeness (QED) is 0.880. The standard InChI is InChI=1S/C13H16N4O3/c1-17(7-10-8-19-4-5-20-10)13(18)9-2-3-11-12(6-9)15-16-14-11/h2-3,6,10H,4-5,7-8H2,1H3,(H,14,15,16)/t10-/m0/s1. The summed E-state index contributed by atoms with van der Waals surface area (Å²) in [6.07, 6.45) is -0.0616. The lowest BCUT2D eigenvalue weighted by Crippen LogP contribution is -2.40. The highest BCUT2D eigenvalue weighted by Gasteiger charge is 2.20. The number of benzene rings is 1. The molecule has 0 aliphatic carbocycles. The normalized spacial score (nSPS) is 19.1. The number of amides is 1. The second-order valence-corrected chi connectivity index (χ2v) is 4.78. The smallest absolute Gasteiger partial charge is 0.253 e. The van der Waals surface area contributed by atoms with Gasteiger partial charge in [-0.25, -0.2) is 0 Å². The Bertz CT molecular complexity index is 606. The van der Waals surface area contributed by atoms with Crippen molar-refractivity contribution in [3.8, 4) is 0 Å². The molecule has 20 heavy (non-hydrogen) atoms. The monoisotopic (exact) mass is 276 g/mol. The number of ether oxygens (including phenoxy) is 2. The average molecular weight is 276 g/mol. The Morgan fingerprint density at radius 3 is 3.05 bits per heavy atom. The van der Waals surface area contributed by atoms with Crippen LogP contribution in [0.15, 0.2) is 18.2 Å². The lowest BCUT2D eigenvalue weighted by atomic mass is 10.1. The SMILES string of the molecule is CN(C[C@H]1COCCO1)C(=O)c1ccc2n[nH]nc2c1. The molecule has 1 aliphatic rings. The molecule has 106 valence electrons. The average Bonchev–Trinajstić information content (AvgIpc) is 2.94. The Balaban J connectivity index is 1.70. The molecule has 0 radical (unpaired) electrons. The molecule has 1 amide bonds. The predicted molar refractivity (Wildman–Crippen MR) is 71.4 cm³/mol. The highest BCUT2D eigenvalue weighted by molar-refractivity contribution is 5.97. The van der Waals surface area contributed by atoms with E-state index in [1.165, 1.54) is 0 Å². The Hall–Kier alpha value is -1.99.